The van der Waals surface area contributed by atoms with Gasteiger partial charge in [0.1, 0.15) is 5.82 Å². The van der Waals surface area contributed by atoms with Crippen LogP contribution in [0.4, 0.5) is 0 Å². The van der Waals surface area contributed by atoms with E-state index in [2.05, 4.69) is 28.8 Å². The summed E-state index contributed by atoms with van der Waals surface area (Å²) in [4.78, 5) is 4.47. The summed E-state index contributed by atoms with van der Waals surface area (Å²) in [5.74, 6) is 2.19. The summed E-state index contributed by atoms with van der Waals surface area (Å²) in [7, 11) is 2.08. The molecule has 0 aromatic carbocycles. The average molecular weight is 221 g/mol. The summed E-state index contributed by atoms with van der Waals surface area (Å²) in [6, 6.07) is 0.445. The summed E-state index contributed by atoms with van der Waals surface area (Å²) in [6.07, 6.45) is 10.6. The molecule has 1 unspecified atom stereocenters. The van der Waals surface area contributed by atoms with Crippen LogP contribution in [0.15, 0.2) is 12.4 Å². The molecule has 1 aliphatic rings. The Bertz CT molecular complexity index is 315. The molecule has 0 saturated heterocycles. The number of nitrogens with zero attached hydrogens (tertiary/aromatic N) is 2. The molecule has 1 heterocycles. The van der Waals surface area contributed by atoms with Gasteiger partial charge in [0.15, 0.2) is 0 Å². The van der Waals surface area contributed by atoms with Crippen molar-refractivity contribution in [2.24, 2.45) is 13.0 Å². The fourth-order valence-corrected chi connectivity index (χ4v) is 2.16. The Morgan fingerprint density at radius 3 is 2.94 bits per heavy atom. The van der Waals surface area contributed by atoms with E-state index in [1.54, 1.807) is 0 Å². The van der Waals surface area contributed by atoms with Crippen molar-refractivity contribution >= 4 is 0 Å². The van der Waals surface area contributed by atoms with E-state index in [1.807, 2.05) is 12.4 Å². The average Bonchev–Trinajstić information content (AvgIpc) is 3.02. The molecular weight excluding hydrogens is 198 g/mol. The predicted molar refractivity (Wildman–Crippen MR) is 66.2 cm³/mol. The molecule has 0 spiro atoms. The molecule has 1 N–H and O–H groups in total. The van der Waals surface area contributed by atoms with Gasteiger partial charge in [-0.05, 0) is 31.7 Å². The van der Waals surface area contributed by atoms with Gasteiger partial charge in [0.2, 0.25) is 0 Å². The Morgan fingerprint density at radius 2 is 2.38 bits per heavy atom. The van der Waals surface area contributed by atoms with Crippen molar-refractivity contribution in [1.82, 2.24) is 14.9 Å². The van der Waals surface area contributed by atoms with Crippen LogP contribution in [-0.2, 0) is 7.05 Å². The second-order valence-corrected chi connectivity index (χ2v) is 4.92. The number of imidazole rings is 1. The number of nitrogens with one attached hydrogen (secondary N) is 1. The Kier molecular flexibility index (Phi) is 3.99. The van der Waals surface area contributed by atoms with Crippen molar-refractivity contribution in [2.45, 2.75) is 45.1 Å². The standard InChI is InChI=1S/C13H23N3/c1-3-8-14-12(7-6-11-4-5-11)13-15-9-10-16(13)2/h9-12,14H,3-8H2,1-2H3. The monoisotopic (exact) mass is 221 g/mol. The minimum atomic E-state index is 0.445. The summed E-state index contributed by atoms with van der Waals surface area (Å²) >= 11 is 0. The molecule has 0 amide bonds. The highest BCUT2D eigenvalue weighted by Crippen LogP contribution is 2.35. The van der Waals surface area contributed by atoms with E-state index >= 15 is 0 Å². The van der Waals surface area contributed by atoms with Crippen molar-refractivity contribution in [3.63, 3.8) is 0 Å². The molecule has 1 saturated carbocycles. The fourth-order valence-electron chi connectivity index (χ4n) is 2.16. The molecule has 1 fully saturated rings. The number of hydrogen-bond donors (Lipinski definition) is 1. The van der Waals surface area contributed by atoms with Gasteiger partial charge in [-0.1, -0.05) is 19.8 Å². The molecule has 3 nitrogen and oxygen atoms in total. The second-order valence-electron chi connectivity index (χ2n) is 4.92. The molecule has 90 valence electrons. The number of rotatable bonds is 7. The zero-order valence-corrected chi connectivity index (χ0v) is 10.4. The lowest BCUT2D eigenvalue weighted by molar-refractivity contribution is 0.442. The summed E-state index contributed by atoms with van der Waals surface area (Å²) < 4.78 is 2.14. The smallest absolute Gasteiger partial charge is 0.125 e. The zero-order valence-electron chi connectivity index (χ0n) is 10.4. The first-order valence-electron chi connectivity index (χ1n) is 6.52. The summed E-state index contributed by atoms with van der Waals surface area (Å²) in [5, 5.41) is 3.61. The fraction of sp³-hybridized carbons (Fsp3) is 0.769. The maximum Gasteiger partial charge on any atom is 0.125 e. The molecule has 1 aromatic rings. The maximum atomic E-state index is 4.47. The normalized spacial score (nSPS) is 17.6. The molecule has 0 radical (unpaired) electrons. The highest BCUT2D eigenvalue weighted by atomic mass is 15.1. The van der Waals surface area contributed by atoms with Crippen LogP contribution in [-0.4, -0.2) is 16.1 Å². The Hall–Kier alpha value is -0.830. The van der Waals surface area contributed by atoms with E-state index in [1.165, 1.54) is 37.9 Å². The third-order valence-electron chi connectivity index (χ3n) is 3.37. The van der Waals surface area contributed by atoms with Gasteiger partial charge in [0.05, 0.1) is 6.04 Å². The van der Waals surface area contributed by atoms with E-state index in [0.29, 0.717) is 6.04 Å². The van der Waals surface area contributed by atoms with Crippen LogP contribution in [0.2, 0.25) is 0 Å². The van der Waals surface area contributed by atoms with Crippen molar-refractivity contribution in [3.8, 4) is 0 Å². The highest BCUT2D eigenvalue weighted by Gasteiger charge is 2.24. The predicted octanol–water partition coefficient (Wildman–Crippen LogP) is 2.65. The van der Waals surface area contributed by atoms with Gasteiger partial charge >= 0.3 is 0 Å². The zero-order chi connectivity index (χ0) is 11.4. The van der Waals surface area contributed by atoms with Crippen LogP contribution in [0.5, 0.6) is 0 Å². The first-order valence-corrected chi connectivity index (χ1v) is 6.52. The van der Waals surface area contributed by atoms with Gasteiger partial charge < -0.3 is 9.88 Å². The van der Waals surface area contributed by atoms with Gasteiger partial charge in [-0.15, -0.1) is 0 Å². The van der Waals surface area contributed by atoms with Crippen LogP contribution in [0, 0.1) is 5.92 Å². The second kappa shape index (κ2) is 5.48. The largest absolute Gasteiger partial charge is 0.337 e. The minimum absolute atomic E-state index is 0.445. The van der Waals surface area contributed by atoms with Crippen LogP contribution in [0.3, 0.4) is 0 Å². The van der Waals surface area contributed by atoms with E-state index < -0.39 is 0 Å². The van der Waals surface area contributed by atoms with Gasteiger partial charge in [-0.2, -0.15) is 0 Å². The number of hydrogen-bond acceptors (Lipinski definition) is 2. The molecule has 16 heavy (non-hydrogen) atoms. The van der Waals surface area contributed by atoms with Crippen LogP contribution in [0.25, 0.3) is 0 Å². The maximum absolute atomic E-state index is 4.47. The van der Waals surface area contributed by atoms with Gasteiger partial charge in [0, 0.05) is 19.4 Å². The lowest BCUT2D eigenvalue weighted by Gasteiger charge is -2.18. The Morgan fingerprint density at radius 1 is 1.56 bits per heavy atom. The molecule has 0 bridgehead atoms. The van der Waals surface area contributed by atoms with E-state index in [9.17, 15) is 0 Å². The third-order valence-corrected chi connectivity index (χ3v) is 3.37. The summed E-state index contributed by atoms with van der Waals surface area (Å²) in [6.45, 7) is 3.30. The molecule has 1 atom stereocenters. The molecule has 3 heteroatoms. The van der Waals surface area contributed by atoms with Crippen LogP contribution < -0.4 is 5.32 Å². The van der Waals surface area contributed by atoms with Crippen molar-refractivity contribution in [3.05, 3.63) is 18.2 Å². The van der Waals surface area contributed by atoms with Gasteiger partial charge in [0.25, 0.3) is 0 Å². The number of aromatic nitrogens is 2. The molecule has 0 aliphatic heterocycles. The van der Waals surface area contributed by atoms with E-state index in [-0.39, 0.29) is 0 Å². The molecule has 2 rings (SSSR count). The highest BCUT2D eigenvalue weighted by molar-refractivity contribution is 4.99. The molecular formula is C13H23N3. The third kappa shape index (κ3) is 3.08. The van der Waals surface area contributed by atoms with Crippen LogP contribution in [0.1, 0.15) is 50.9 Å². The van der Waals surface area contributed by atoms with Crippen molar-refractivity contribution in [1.29, 1.82) is 0 Å². The Balaban J connectivity index is 1.92. The minimum Gasteiger partial charge on any atom is -0.337 e. The number of aryl methyl sites for hydroxylation is 1. The lowest BCUT2D eigenvalue weighted by Crippen LogP contribution is -2.24. The first-order chi connectivity index (χ1) is 7.81. The molecule has 1 aliphatic carbocycles. The van der Waals surface area contributed by atoms with Crippen molar-refractivity contribution < 1.29 is 0 Å². The van der Waals surface area contributed by atoms with E-state index in [4.69, 9.17) is 0 Å². The van der Waals surface area contributed by atoms with Gasteiger partial charge in [-0.25, -0.2) is 4.98 Å². The van der Waals surface area contributed by atoms with Crippen molar-refractivity contribution in [2.75, 3.05) is 6.54 Å². The van der Waals surface area contributed by atoms with E-state index in [0.717, 1.165) is 12.5 Å². The lowest BCUT2D eigenvalue weighted by atomic mass is 10.1. The van der Waals surface area contributed by atoms with Gasteiger partial charge in [-0.3, -0.25) is 0 Å². The summed E-state index contributed by atoms with van der Waals surface area (Å²) in [5.41, 5.74) is 0. The topological polar surface area (TPSA) is 29.9 Å². The SMILES string of the molecule is CCCNC(CCC1CC1)c1nccn1C. The molecule has 1 aromatic heterocycles. The van der Waals surface area contributed by atoms with Crippen LogP contribution >= 0.6 is 0 Å². The quantitative estimate of drug-likeness (QED) is 0.767. The first kappa shape index (κ1) is 11.6. The Labute approximate surface area is 98.3 Å².